The van der Waals surface area contributed by atoms with E-state index in [0.29, 0.717) is 16.3 Å². The molecule has 1 aromatic carbocycles. The minimum atomic E-state index is -0.145. The fourth-order valence-electron chi connectivity index (χ4n) is 1.80. The van der Waals surface area contributed by atoms with Gasteiger partial charge in [-0.25, -0.2) is 0 Å². The molecule has 21 heavy (non-hydrogen) atoms. The monoisotopic (exact) mass is 303 g/mol. The Morgan fingerprint density at radius 3 is 2.71 bits per heavy atom. The van der Waals surface area contributed by atoms with E-state index in [1.807, 2.05) is 12.1 Å². The third kappa shape index (κ3) is 4.43. The van der Waals surface area contributed by atoms with E-state index in [-0.39, 0.29) is 18.3 Å². The Labute approximate surface area is 127 Å². The van der Waals surface area contributed by atoms with E-state index in [4.69, 9.17) is 4.74 Å². The molecule has 1 heterocycles. The van der Waals surface area contributed by atoms with Gasteiger partial charge >= 0.3 is 0 Å². The van der Waals surface area contributed by atoms with Crippen molar-refractivity contribution in [3.05, 3.63) is 46.2 Å². The Balaban J connectivity index is 1.96. The Hall–Kier alpha value is -2.14. The zero-order valence-corrected chi connectivity index (χ0v) is 12.8. The molecule has 0 atom stereocenters. The summed E-state index contributed by atoms with van der Waals surface area (Å²) in [4.78, 5) is 24.9. The van der Waals surface area contributed by atoms with Crippen LogP contribution in [0, 0.1) is 0 Å². The van der Waals surface area contributed by atoms with Gasteiger partial charge in [0.2, 0.25) is 11.7 Å². The Morgan fingerprint density at radius 2 is 2.05 bits per heavy atom. The molecule has 2 rings (SSSR count). The van der Waals surface area contributed by atoms with Gasteiger partial charge in [-0.2, -0.15) is 0 Å². The topological polar surface area (TPSA) is 55.4 Å². The molecule has 0 aliphatic rings. The molecule has 0 saturated heterocycles. The fraction of sp³-hybridized carbons (Fsp3) is 0.250. The molecule has 4 nitrogen and oxygen atoms in total. The minimum Gasteiger partial charge on any atom is -0.485 e. The number of benzene rings is 1. The molecule has 0 unspecified atom stereocenters. The number of aryl methyl sites for hydroxylation is 1. The van der Waals surface area contributed by atoms with Crippen LogP contribution in [0.5, 0.6) is 5.75 Å². The second kappa shape index (κ2) is 7.04. The molecule has 1 N–H and O–H groups in total. The maximum Gasteiger partial charge on any atom is 0.221 e. The Kier molecular flexibility index (Phi) is 5.11. The fourth-order valence-corrected chi connectivity index (χ4v) is 2.68. The van der Waals surface area contributed by atoms with Gasteiger partial charge in [-0.05, 0) is 30.7 Å². The van der Waals surface area contributed by atoms with E-state index < -0.39 is 0 Å². The van der Waals surface area contributed by atoms with Crippen molar-refractivity contribution in [3.8, 4) is 5.75 Å². The van der Waals surface area contributed by atoms with Crippen molar-refractivity contribution < 1.29 is 14.3 Å². The van der Waals surface area contributed by atoms with Crippen LogP contribution in [0.1, 0.15) is 28.4 Å². The number of rotatable bonds is 6. The van der Waals surface area contributed by atoms with Gasteiger partial charge in [0.15, 0.2) is 6.61 Å². The number of ether oxygens (including phenoxy) is 1. The van der Waals surface area contributed by atoms with Gasteiger partial charge in [0.05, 0.1) is 4.88 Å². The Morgan fingerprint density at radius 1 is 1.24 bits per heavy atom. The molecular weight excluding hydrogens is 286 g/mol. The van der Waals surface area contributed by atoms with Gasteiger partial charge in [0.1, 0.15) is 5.75 Å². The largest absolute Gasteiger partial charge is 0.485 e. The number of amides is 1. The van der Waals surface area contributed by atoms with Crippen LogP contribution in [0.25, 0.3) is 0 Å². The highest BCUT2D eigenvalue weighted by atomic mass is 32.1. The molecule has 0 spiro atoms. The first kappa shape index (κ1) is 15.3. The van der Waals surface area contributed by atoms with Crippen LogP contribution in [0.2, 0.25) is 0 Å². The minimum absolute atomic E-state index is 0.00675. The van der Waals surface area contributed by atoms with Crippen LogP contribution in [0.15, 0.2) is 36.4 Å². The number of ketones is 1. The lowest BCUT2D eigenvalue weighted by atomic mass is 10.3. The number of thiophene rings is 1. The molecular formula is C16H17NO3S. The maximum atomic E-state index is 12.0. The maximum absolute atomic E-state index is 12.0. The summed E-state index contributed by atoms with van der Waals surface area (Å²) in [5.74, 6) is 0.375. The van der Waals surface area contributed by atoms with E-state index in [2.05, 4.69) is 12.2 Å². The highest BCUT2D eigenvalue weighted by Gasteiger charge is 2.10. The number of carbonyl (C=O) groups is 2. The second-order valence-electron chi connectivity index (χ2n) is 4.54. The van der Waals surface area contributed by atoms with Crippen molar-refractivity contribution in [2.24, 2.45) is 0 Å². The number of hydrogen-bond donors (Lipinski definition) is 1. The Bertz CT molecular complexity index is 648. The van der Waals surface area contributed by atoms with E-state index in [1.54, 1.807) is 24.3 Å². The third-order valence-corrected chi connectivity index (χ3v) is 4.08. The molecule has 0 fully saturated rings. The lowest BCUT2D eigenvalue weighted by molar-refractivity contribution is -0.114. The lowest BCUT2D eigenvalue weighted by Crippen LogP contribution is -2.10. The molecule has 0 aliphatic carbocycles. The molecule has 0 bridgehead atoms. The number of Topliss-reactive ketones (excluding diaryl/α,β-unsaturated/α-hetero) is 1. The van der Waals surface area contributed by atoms with Gasteiger partial charge in [-0.1, -0.05) is 13.0 Å². The lowest BCUT2D eigenvalue weighted by Gasteiger charge is -2.07. The van der Waals surface area contributed by atoms with Crippen LogP contribution < -0.4 is 10.1 Å². The predicted octanol–water partition coefficient (Wildman–Crippen LogP) is 3.53. The number of hydrogen-bond acceptors (Lipinski definition) is 4. The first-order valence-electron chi connectivity index (χ1n) is 6.71. The van der Waals surface area contributed by atoms with Crippen molar-refractivity contribution >= 4 is 28.7 Å². The van der Waals surface area contributed by atoms with E-state index in [1.165, 1.54) is 23.1 Å². The SMILES string of the molecule is CCc1ccc(C(=O)COc2cccc(NC(C)=O)c2)s1. The predicted molar refractivity (Wildman–Crippen MR) is 84.3 cm³/mol. The highest BCUT2D eigenvalue weighted by Crippen LogP contribution is 2.20. The summed E-state index contributed by atoms with van der Waals surface area (Å²) >= 11 is 1.50. The van der Waals surface area contributed by atoms with Crippen molar-refractivity contribution in [3.63, 3.8) is 0 Å². The standard InChI is InChI=1S/C16H17NO3S/c1-3-14-7-8-16(21-14)15(19)10-20-13-6-4-5-12(9-13)17-11(2)18/h4-9H,3,10H2,1-2H3,(H,17,18). The van der Waals surface area contributed by atoms with Crippen molar-refractivity contribution in [1.82, 2.24) is 0 Å². The van der Waals surface area contributed by atoms with Crippen LogP contribution in [-0.4, -0.2) is 18.3 Å². The average molecular weight is 303 g/mol. The van der Waals surface area contributed by atoms with Crippen molar-refractivity contribution in [1.29, 1.82) is 0 Å². The first-order valence-corrected chi connectivity index (χ1v) is 7.52. The number of nitrogens with one attached hydrogen (secondary N) is 1. The molecule has 5 heteroatoms. The van der Waals surface area contributed by atoms with Gasteiger partial charge in [0.25, 0.3) is 0 Å². The smallest absolute Gasteiger partial charge is 0.221 e. The summed E-state index contributed by atoms with van der Waals surface area (Å²) < 4.78 is 5.49. The van der Waals surface area contributed by atoms with E-state index in [9.17, 15) is 9.59 Å². The first-order chi connectivity index (χ1) is 10.1. The molecule has 110 valence electrons. The average Bonchev–Trinajstić information content (AvgIpc) is 2.93. The second-order valence-corrected chi connectivity index (χ2v) is 5.71. The van der Waals surface area contributed by atoms with Crippen molar-refractivity contribution in [2.75, 3.05) is 11.9 Å². The van der Waals surface area contributed by atoms with Crippen LogP contribution >= 0.6 is 11.3 Å². The van der Waals surface area contributed by atoms with Gasteiger partial charge < -0.3 is 10.1 Å². The number of carbonyl (C=O) groups excluding carboxylic acids is 2. The summed E-state index contributed by atoms with van der Waals surface area (Å²) in [6.07, 6.45) is 0.928. The van der Waals surface area contributed by atoms with Crippen molar-refractivity contribution in [2.45, 2.75) is 20.3 Å². The zero-order valence-electron chi connectivity index (χ0n) is 12.0. The van der Waals surface area contributed by atoms with Gasteiger partial charge in [0, 0.05) is 23.6 Å². The summed E-state index contributed by atoms with van der Waals surface area (Å²) in [7, 11) is 0. The molecule has 1 amide bonds. The summed E-state index contributed by atoms with van der Waals surface area (Å²) in [6, 6.07) is 10.8. The molecule has 0 radical (unpaired) electrons. The van der Waals surface area contributed by atoms with Crippen LogP contribution in [0.4, 0.5) is 5.69 Å². The molecule has 0 aliphatic heterocycles. The van der Waals surface area contributed by atoms with Crippen LogP contribution in [0.3, 0.4) is 0 Å². The summed E-state index contributed by atoms with van der Waals surface area (Å²) in [6.45, 7) is 3.50. The molecule has 1 aromatic heterocycles. The molecule has 0 saturated carbocycles. The normalized spacial score (nSPS) is 10.2. The van der Waals surface area contributed by atoms with Gasteiger partial charge in [-0.3, -0.25) is 9.59 Å². The highest BCUT2D eigenvalue weighted by molar-refractivity contribution is 7.14. The summed E-state index contributed by atoms with van der Waals surface area (Å²) in [5.41, 5.74) is 0.650. The van der Waals surface area contributed by atoms with E-state index in [0.717, 1.165) is 6.42 Å². The number of anilines is 1. The quantitative estimate of drug-likeness (QED) is 0.831. The third-order valence-electron chi connectivity index (χ3n) is 2.81. The summed E-state index contributed by atoms with van der Waals surface area (Å²) in [5, 5.41) is 2.67. The zero-order chi connectivity index (χ0) is 15.2. The molecule has 2 aromatic rings. The van der Waals surface area contributed by atoms with Crippen LogP contribution in [-0.2, 0) is 11.2 Å². The van der Waals surface area contributed by atoms with E-state index >= 15 is 0 Å². The van der Waals surface area contributed by atoms with Gasteiger partial charge in [-0.15, -0.1) is 11.3 Å².